The minimum atomic E-state index is -0.494. The van der Waals surface area contributed by atoms with Gasteiger partial charge in [0.1, 0.15) is 11.5 Å². The fraction of sp³-hybridized carbons (Fsp3) is 0.214. The van der Waals surface area contributed by atoms with Crippen LogP contribution in [0.15, 0.2) is 45.7 Å². The Morgan fingerprint density at radius 1 is 1.32 bits per heavy atom. The molecule has 0 aliphatic rings. The number of methoxy groups -OCH3 is 1. The molecule has 1 heterocycles. The van der Waals surface area contributed by atoms with Crippen molar-refractivity contribution in [3.63, 3.8) is 0 Å². The molecule has 1 atom stereocenters. The van der Waals surface area contributed by atoms with Crippen LogP contribution in [-0.2, 0) is 4.74 Å². The molecule has 0 radical (unpaired) electrons. The zero-order chi connectivity index (χ0) is 13.8. The van der Waals surface area contributed by atoms with Crippen molar-refractivity contribution in [2.45, 2.75) is 17.1 Å². The standard InChI is InChI=1S/C14H14O4S/c1-9(19-13-6-4-3-5-10(13)15)11-7-8-12(18-11)14(16)17-2/h3-9,15H,1-2H3. The topological polar surface area (TPSA) is 59.7 Å². The number of hydrogen-bond acceptors (Lipinski definition) is 5. The van der Waals surface area contributed by atoms with E-state index in [2.05, 4.69) is 4.74 Å². The number of hydrogen-bond donors (Lipinski definition) is 1. The van der Waals surface area contributed by atoms with Crippen LogP contribution >= 0.6 is 11.8 Å². The van der Waals surface area contributed by atoms with Gasteiger partial charge in [-0.2, -0.15) is 0 Å². The van der Waals surface area contributed by atoms with Gasteiger partial charge in [-0.05, 0) is 31.2 Å². The van der Waals surface area contributed by atoms with E-state index in [1.807, 2.05) is 19.1 Å². The lowest BCUT2D eigenvalue weighted by molar-refractivity contribution is 0.0563. The molecule has 1 aromatic heterocycles. The zero-order valence-corrected chi connectivity index (χ0v) is 11.4. The van der Waals surface area contributed by atoms with Crippen LogP contribution in [0.4, 0.5) is 0 Å². The fourth-order valence-electron chi connectivity index (χ4n) is 1.59. The highest BCUT2D eigenvalue weighted by Gasteiger charge is 2.17. The number of phenolic OH excluding ortho intramolecular Hbond substituents is 1. The molecule has 0 aliphatic carbocycles. The largest absolute Gasteiger partial charge is 0.507 e. The molecule has 0 amide bonds. The first-order valence-corrected chi connectivity index (χ1v) is 6.62. The number of benzene rings is 1. The summed E-state index contributed by atoms with van der Waals surface area (Å²) in [5, 5.41) is 9.69. The van der Waals surface area contributed by atoms with E-state index in [1.165, 1.54) is 18.9 Å². The van der Waals surface area contributed by atoms with Crippen molar-refractivity contribution in [2.75, 3.05) is 7.11 Å². The normalized spacial score (nSPS) is 12.1. The van der Waals surface area contributed by atoms with Gasteiger partial charge in [-0.3, -0.25) is 0 Å². The number of carbonyl (C=O) groups excluding carboxylic acids is 1. The maximum Gasteiger partial charge on any atom is 0.373 e. The van der Waals surface area contributed by atoms with Gasteiger partial charge in [-0.15, -0.1) is 11.8 Å². The van der Waals surface area contributed by atoms with Crippen LogP contribution in [0, 0.1) is 0 Å². The number of carbonyl (C=O) groups is 1. The summed E-state index contributed by atoms with van der Waals surface area (Å²) in [6.45, 7) is 1.94. The SMILES string of the molecule is COC(=O)c1ccc(C(C)Sc2ccccc2O)o1. The fourth-order valence-corrected chi connectivity index (χ4v) is 2.56. The van der Waals surface area contributed by atoms with Crippen molar-refractivity contribution in [3.05, 3.63) is 47.9 Å². The maximum atomic E-state index is 11.3. The lowest BCUT2D eigenvalue weighted by Crippen LogP contribution is -1.98. The highest BCUT2D eigenvalue weighted by molar-refractivity contribution is 7.99. The molecule has 5 heteroatoms. The van der Waals surface area contributed by atoms with Crippen molar-refractivity contribution in [1.82, 2.24) is 0 Å². The van der Waals surface area contributed by atoms with Gasteiger partial charge < -0.3 is 14.3 Å². The van der Waals surface area contributed by atoms with E-state index in [-0.39, 0.29) is 16.8 Å². The summed E-state index contributed by atoms with van der Waals surface area (Å²) in [6, 6.07) is 10.4. The molecule has 0 bridgehead atoms. The molecular formula is C14H14O4S. The average Bonchev–Trinajstić information content (AvgIpc) is 2.90. The molecular weight excluding hydrogens is 264 g/mol. The van der Waals surface area contributed by atoms with Crippen molar-refractivity contribution >= 4 is 17.7 Å². The Hall–Kier alpha value is -1.88. The molecule has 2 aromatic rings. The molecule has 1 N–H and O–H groups in total. The van der Waals surface area contributed by atoms with Crippen LogP contribution < -0.4 is 0 Å². The highest BCUT2D eigenvalue weighted by atomic mass is 32.2. The summed E-state index contributed by atoms with van der Waals surface area (Å²) < 4.78 is 10.0. The van der Waals surface area contributed by atoms with Gasteiger partial charge in [0.05, 0.1) is 12.4 Å². The van der Waals surface area contributed by atoms with Gasteiger partial charge in [0.15, 0.2) is 0 Å². The third-order valence-corrected chi connectivity index (χ3v) is 3.77. The summed E-state index contributed by atoms with van der Waals surface area (Å²) in [4.78, 5) is 12.1. The first-order chi connectivity index (χ1) is 9.11. The molecule has 0 fully saturated rings. The molecule has 1 unspecified atom stereocenters. The first-order valence-electron chi connectivity index (χ1n) is 5.74. The quantitative estimate of drug-likeness (QED) is 0.683. The Morgan fingerprint density at radius 2 is 2.05 bits per heavy atom. The number of phenols is 1. The Balaban J connectivity index is 2.12. The highest BCUT2D eigenvalue weighted by Crippen LogP contribution is 2.39. The predicted octanol–water partition coefficient (Wildman–Crippen LogP) is 3.63. The number of aromatic hydroxyl groups is 1. The average molecular weight is 278 g/mol. The van der Waals surface area contributed by atoms with Crippen LogP contribution in [0.5, 0.6) is 5.75 Å². The van der Waals surface area contributed by atoms with E-state index >= 15 is 0 Å². The number of furan rings is 1. The third kappa shape index (κ3) is 3.12. The monoisotopic (exact) mass is 278 g/mol. The molecule has 100 valence electrons. The molecule has 1 aromatic carbocycles. The second-order valence-electron chi connectivity index (χ2n) is 3.92. The minimum Gasteiger partial charge on any atom is -0.507 e. The van der Waals surface area contributed by atoms with Gasteiger partial charge in [0.2, 0.25) is 5.76 Å². The molecule has 2 rings (SSSR count). The summed E-state index contributed by atoms with van der Waals surface area (Å²) in [5.41, 5.74) is 0. The first kappa shape index (κ1) is 13.5. The van der Waals surface area contributed by atoms with E-state index in [0.29, 0.717) is 5.76 Å². The van der Waals surface area contributed by atoms with Crippen LogP contribution in [0.25, 0.3) is 0 Å². The predicted molar refractivity (Wildman–Crippen MR) is 72.4 cm³/mol. The van der Waals surface area contributed by atoms with Gasteiger partial charge in [-0.25, -0.2) is 4.79 Å². The second-order valence-corrected chi connectivity index (χ2v) is 5.30. The maximum absolute atomic E-state index is 11.3. The lowest BCUT2D eigenvalue weighted by Gasteiger charge is -2.09. The summed E-state index contributed by atoms with van der Waals surface area (Å²) in [7, 11) is 1.31. The minimum absolute atomic E-state index is 0.0216. The van der Waals surface area contributed by atoms with Crippen molar-refractivity contribution < 1.29 is 19.1 Å². The van der Waals surface area contributed by atoms with Crippen LogP contribution in [0.3, 0.4) is 0 Å². The molecule has 0 saturated heterocycles. The summed E-state index contributed by atoms with van der Waals surface area (Å²) >= 11 is 1.46. The number of rotatable bonds is 4. The van der Waals surface area contributed by atoms with Crippen LogP contribution in [0.2, 0.25) is 0 Å². The van der Waals surface area contributed by atoms with E-state index in [0.717, 1.165) is 4.90 Å². The molecule has 0 aliphatic heterocycles. The molecule has 19 heavy (non-hydrogen) atoms. The van der Waals surface area contributed by atoms with E-state index in [9.17, 15) is 9.90 Å². The van der Waals surface area contributed by atoms with Gasteiger partial charge in [0.25, 0.3) is 0 Å². The number of esters is 1. The Kier molecular flexibility index (Phi) is 4.16. The molecule has 0 saturated carbocycles. The Bertz CT molecular complexity index is 576. The molecule has 4 nitrogen and oxygen atoms in total. The van der Waals surface area contributed by atoms with Crippen molar-refractivity contribution in [3.8, 4) is 5.75 Å². The summed E-state index contributed by atoms with van der Waals surface area (Å²) in [6.07, 6.45) is 0. The van der Waals surface area contributed by atoms with Crippen molar-refractivity contribution in [1.29, 1.82) is 0 Å². The number of ether oxygens (including phenoxy) is 1. The van der Waals surface area contributed by atoms with Crippen molar-refractivity contribution in [2.24, 2.45) is 0 Å². The van der Waals surface area contributed by atoms with Crippen LogP contribution in [-0.4, -0.2) is 18.2 Å². The second kappa shape index (κ2) is 5.84. The lowest BCUT2D eigenvalue weighted by atomic mass is 10.3. The molecule has 0 spiro atoms. The van der Waals surface area contributed by atoms with Gasteiger partial charge >= 0.3 is 5.97 Å². The van der Waals surface area contributed by atoms with Gasteiger partial charge in [0, 0.05) is 4.90 Å². The Morgan fingerprint density at radius 3 is 2.74 bits per heavy atom. The smallest absolute Gasteiger partial charge is 0.373 e. The van der Waals surface area contributed by atoms with Crippen LogP contribution in [0.1, 0.15) is 28.5 Å². The number of thioether (sulfide) groups is 1. The van der Waals surface area contributed by atoms with E-state index < -0.39 is 5.97 Å². The Labute approximate surface area is 115 Å². The zero-order valence-electron chi connectivity index (χ0n) is 10.6. The van der Waals surface area contributed by atoms with E-state index in [1.54, 1.807) is 24.3 Å². The summed E-state index contributed by atoms with van der Waals surface area (Å²) in [5.74, 6) is 0.584. The number of para-hydroxylation sites is 1. The van der Waals surface area contributed by atoms with Gasteiger partial charge in [-0.1, -0.05) is 12.1 Å². The third-order valence-electron chi connectivity index (χ3n) is 2.58. The van der Waals surface area contributed by atoms with E-state index in [4.69, 9.17) is 4.42 Å².